The zero-order valence-electron chi connectivity index (χ0n) is 20.0. The lowest BCUT2D eigenvalue weighted by Gasteiger charge is -2.31. The molecule has 0 spiro atoms. The van der Waals surface area contributed by atoms with E-state index in [2.05, 4.69) is 10.3 Å². The fourth-order valence-corrected chi connectivity index (χ4v) is 4.06. The number of amides is 1. The van der Waals surface area contributed by atoms with Gasteiger partial charge in [0.25, 0.3) is 5.69 Å². The summed E-state index contributed by atoms with van der Waals surface area (Å²) in [6.45, 7) is 5.82. The summed E-state index contributed by atoms with van der Waals surface area (Å²) in [4.78, 5) is 52.5. The lowest BCUT2D eigenvalue weighted by atomic mass is 9.75. The summed E-state index contributed by atoms with van der Waals surface area (Å²) in [5, 5.41) is 14.2. The van der Waals surface area contributed by atoms with Gasteiger partial charge in [-0.25, -0.2) is 0 Å². The Balaban J connectivity index is 2.23. The van der Waals surface area contributed by atoms with Crippen molar-refractivity contribution in [2.45, 2.75) is 52.4 Å². The van der Waals surface area contributed by atoms with E-state index in [4.69, 9.17) is 9.47 Å². The molecule has 1 amide bonds. The molecule has 0 saturated heterocycles. The van der Waals surface area contributed by atoms with E-state index in [0.29, 0.717) is 49.4 Å². The summed E-state index contributed by atoms with van der Waals surface area (Å²) in [6, 6.07) is 5.90. The van der Waals surface area contributed by atoms with Crippen molar-refractivity contribution < 1.29 is 28.8 Å². The zero-order valence-corrected chi connectivity index (χ0v) is 20.0. The molecule has 0 aromatic heterocycles. The van der Waals surface area contributed by atoms with Crippen molar-refractivity contribution in [3.63, 3.8) is 0 Å². The number of ether oxygens (including phenoxy) is 2. The Kier molecular flexibility index (Phi) is 9.91. The number of nitro groups is 1. The molecule has 2 unspecified atom stereocenters. The van der Waals surface area contributed by atoms with Crippen LogP contribution in [0.2, 0.25) is 0 Å². The van der Waals surface area contributed by atoms with Gasteiger partial charge in [-0.15, -0.1) is 0 Å². The average Bonchev–Trinajstić information content (AvgIpc) is 2.80. The van der Waals surface area contributed by atoms with E-state index in [1.807, 2.05) is 0 Å². The van der Waals surface area contributed by atoms with Gasteiger partial charge in [0.1, 0.15) is 5.92 Å². The summed E-state index contributed by atoms with van der Waals surface area (Å²) >= 11 is 0. The van der Waals surface area contributed by atoms with Gasteiger partial charge in [-0.05, 0) is 39.2 Å². The Morgan fingerprint density at radius 3 is 2.56 bits per heavy atom. The molecule has 1 aromatic carbocycles. The summed E-state index contributed by atoms with van der Waals surface area (Å²) in [6.07, 6.45) is 2.37. The highest BCUT2D eigenvalue weighted by molar-refractivity contribution is 6.07. The number of esters is 2. The molecule has 0 radical (unpaired) electrons. The fraction of sp³-hybridized carbons (Fsp3) is 0.500. The van der Waals surface area contributed by atoms with Gasteiger partial charge in [0.05, 0.1) is 18.6 Å². The molecule has 1 aliphatic rings. The maximum Gasteiger partial charge on any atom is 0.315 e. The SMILES string of the molecule is CCOC(=O)CCCCCNC(=O)C1=C(C)N=C(C)C(C(=O)OC)C1c1cccc([N+](=O)[O-])c1. The molecule has 2 atom stereocenters. The Morgan fingerprint density at radius 2 is 1.91 bits per heavy atom. The van der Waals surface area contributed by atoms with E-state index in [1.165, 1.54) is 25.3 Å². The van der Waals surface area contributed by atoms with Crippen LogP contribution in [0, 0.1) is 16.0 Å². The van der Waals surface area contributed by atoms with Gasteiger partial charge in [-0.2, -0.15) is 0 Å². The first kappa shape index (κ1) is 26.7. The number of nitrogens with one attached hydrogen (secondary N) is 1. The van der Waals surface area contributed by atoms with Crippen LogP contribution in [0.5, 0.6) is 0 Å². The highest BCUT2D eigenvalue weighted by Gasteiger charge is 2.41. The lowest BCUT2D eigenvalue weighted by Crippen LogP contribution is -2.39. The second kappa shape index (κ2) is 12.6. The highest BCUT2D eigenvalue weighted by atomic mass is 16.6. The lowest BCUT2D eigenvalue weighted by molar-refractivity contribution is -0.384. The summed E-state index contributed by atoms with van der Waals surface area (Å²) < 4.78 is 9.86. The number of aliphatic imine (C=N–C) groups is 1. The molecule has 1 aromatic rings. The van der Waals surface area contributed by atoms with Crippen LogP contribution in [-0.2, 0) is 23.9 Å². The van der Waals surface area contributed by atoms with Crippen LogP contribution in [-0.4, -0.2) is 48.7 Å². The molecule has 2 rings (SSSR count). The quantitative estimate of drug-likeness (QED) is 0.225. The van der Waals surface area contributed by atoms with Crippen LogP contribution in [0.1, 0.15) is 57.9 Å². The van der Waals surface area contributed by atoms with E-state index < -0.39 is 28.6 Å². The molecular formula is C24H31N3O7. The first-order valence-electron chi connectivity index (χ1n) is 11.2. The Bertz CT molecular complexity index is 1000. The van der Waals surface area contributed by atoms with E-state index in [1.54, 1.807) is 26.8 Å². The minimum Gasteiger partial charge on any atom is -0.468 e. The maximum absolute atomic E-state index is 13.2. The Morgan fingerprint density at radius 1 is 1.18 bits per heavy atom. The number of allylic oxidation sites excluding steroid dienone is 1. The van der Waals surface area contributed by atoms with Gasteiger partial charge in [-0.3, -0.25) is 29.5 Å². The molecule has 0 fully saturated rings. The second-order valence-corrected chi connectivity index (χ2v) is 7.95. The molecule has 0 saturated carbocycles. The van der Waals surface area contributed by atoms with Crippen molar-refractivity contribution in [3.8, 4) is 0 Å². The van der Waals surface area contributed by atoms with Gasteiger partial charge in [0.15, 0.2) is 0 Å². The number of methoxy groups -OCH3 is 1. The maximum atomic E-state index is 13.2. The molecular weight excluding hydrogens is 442 g/mol. The molecule has 0 bridgehead atoms. The third kappa shape index (κ3) is 6.72. The number of hydrogen-bond donors (Lipinski definition) is 1. The number of unbranched alkanes of at least 4 members (excludes halogenated alkanes) is 2. The number of rotatable bonds is 11. The average molecular weight is 474 g/mol. The van der Waals surface area contributed by atoms with Gasteiger partial charge in [0, 0.05) is 48.0 Å². The number of nitro benzene ring substituents is 1. The summed E-state index contributed by atoms with van der Waals surface area (Å²) in [5.74, 6) is -2.88. The number of hydrogen-bond acceptors (Lipinski definition) is 8. The third-order valence-electron chi connectivity index (χ3n) is 5.62. The van der Waals surface area contributed by atoms with Crippen molar-refractivity contribution in [2.24, 2.45) is 10.9 Å². The summed E-state index contributed by atoms with van der Waals surface area (Å²) in [5.41, 5.74) is 1.50. The van der Waals surface area contributed by atoms with Crippen molar-refractivity contribution in [1.29, 1.82) is 0 Å². The Labute approximate surface area is 198 Å². The molecule has 10 heteroatoms. The molecule has 184 valence electrons. The first-order valence-corrected chi connectivity index (χ1v) is 11.2. The van der Waals surface area contributed by atoms with Crippen molar-refractivity contribution in [1.82, 2.24) is 5.32 Å². The number of carbonyl (C=O) groups excluding carboxylic acids is 3. The van der Waals surface area contributed by atoms with E-state index >= 15 is 0 Å². The number of benzene rings is 1. The molecule has 10 nitrogen and oxygen atoms in total. The monoisotopic (exact) mass is 473 g/mol. The van der Waals surface area contributed by atoms with Crippen molar-refractivity contribution in [3.05, 3.63) is 51.2 Å². The first-order chi connectivity index (χ1) is 16.2. The number of nitrogens with zero attached hydrogens (tertiary/aromatic N) is 2. The topological polar surface area (TPSA) is 137 Å². The minimum absolute atomic E-state index is 0.139. The minimum atomic E-state index is -0.888. The van der Waals surface area contributed by atoms with Crippen LogP contribution < -0.4 is 5.32 Å². The van der Waals surface area contributed by atoms with Crippen LogP contribution in [0.4, 0.5) is 5.69 Å². The van der Waals surface area contributed by atoms with Crippen LogP contribution in [0.15, 0.2) is 40.5 Å². The van der Waals surface area contributed by atoms with Crippen molar-refractivity contribution >= 4 is 29.2 Å². The van der Waals surface area contributed by atoms with Crippen molar-refractivity contribution in [2.75, 3.05) is 20.3 Å². The van der Waals surface area contributed by atoms with E-state index in [-0.39, 0.29) is 17.2 Å². The molecule has 1 aliphatic heterocycles. The normalized spacial score (nSPS) is 17.6. The summed E-state index contributed by atoms with van der Waals surface area (Å²) in [7, 11) is 1.25. The van der Waals surface area contributed by atoms with Gasteiger partial charge < -0.3 is 14.8 Å². The second-order valence-electron chi connectivity index (χ2n) is 7.95. The van der Waals surface area contributed by atoms with E-state index in [9.17, 15) is 24.5 Å². The van der Waals surface area contributed by atoms with Crippen LogP contribution >= 0.6 is 0 Å². The molecule has 0 aliphatic carbocycles. The standard InChI is InChI=1S/C24H31N3O7/c1-5-34-19(28)12-7-6-8-13-25-23(29)20-15(2)26-16(3)21(24(30)33-4)22(20)17-10-9-11-18(14-17)27(31)32/h9-11,14,21-22H,5-8,12-13H2,1-4H3,(H,25,29). The molecule has 1 heterocycles. The Hall–Kier alpha value is -3.56. The predicted molar refractivity (Wildman–Crippen MR) is 125 cm³/mol. The molecule has 1 N–H and O–H groups in total. The van der Waals surface area contributed by atoms with E-state index in [0.717, 1.165) is 6.42 Å². The number of carbonyl (C=O) groups is 3. The zero-order chi connectivity index (χ0) is 25.3. The smallest absolute Gasteiger partial charge is 0.315 e. The van der Waals surface area contributed by atoms with Gasteiger partial charge >= 0.3 is 11.9 Å². The van der Waals surface area contributed by atoms with Gasteiger partial charge in [0.2, 0.25) is 5.91 Å². The largest absolute Gasteiger partial charge is 0.468 e. The number of non-ortho nitro benzene ring substituents is 1. The van der Waals surface area contributed by atoms with Crippen LogP contribution in [0.3, 0.4) is 0 Å². The highest BCUT2D eigenvalue weighted by Crippen LogP contribution is 2.40. The predicted octanol–water partition coefficient (Wildman–Crippen LogP) is 3.46. The van der Waals surface area contributed by atoms with Crippen LogP contribution in [0.25, 0.3) is 0 Å². The third-order valence-corrected chi connectivity index (χ3v) is 5.62. The molecule has 34 heavy (non-hydrogen) atoms. The van der Waals surface area contributed by atoms with Gasteiger partial charge in [-0.1, -0.05) is 18.6 Å². The fourth-order valence-electron chi connectivity index (χ4n) is 4.06.